The van der Waals surface area contributed by atoms with Gasteiger partial charge in [0.1, 0.15) is 10.2 Å². The zero-order valence-corrected chi connectivity index (χ0v) is 11.5. The van der Waals surface area contributed by atoms with E-state index in [4.69, 9.17) is 17.3 Å². The van der Waals surface area contributed by atoms with Gasteiger partial charge in [0, 0.05) is 10.4 Å². The van der Waals surface area contributed by atoms with Crippen molar-refractivity contribution in [1.82, 2.24) is 4.98 Å². The first kappa shape index (κ1) is 12.6. The summed E-state index contributed by atoms with van der Waals surface area (Å²) in [6.07, 6.45) is 0.793. The number of hydrogen-bond acceptors (Lipinski definition) is 3. The van der Waals surface area contributed by atoms with Gasteiger partial charge in [-0.1, -0.05) is 29.3 Å². The molecule has 2 rings (SSSR count). The first-order valence-corrected chi connectivity index (χ1v) is 6.74. The topological polar surface area (TPSA) is 38.9 Å². The molecule has 0 unspecified atom stereocenters. The quantitative estimate of drug-likeness (QED) is 0.922. The number of halogens is 1. The van der Waals surface area contributed by atoms with E-state index in [1.165, 1.54) is 16.7 Å². The van der Waals surface area contributed by atoms with Crippen LogP contribution in [0.1, 0.15) is 16.0 Å². The van der Waals surface area contributed by atoms with Gasteiger partial charge >= 0.3 is 0 Å². The molecule has 4 heteroatoms. The van der Waals surface area contributed by atoms with Gasteiger partial charge in [-0.2, -0.15) is 0 Å². The van der Waals surface area contributed by atoms with E-state index in [1.807, 2.05) is 0 Å². The maximum absolute atomic E-state index is 6.11. The third-order valence-corrected chi connectivity index (χ3v) is 4.22. The Hall–Kier alpha value is -0.900. The van der Waals surface area contributed by atoms with Gasteiger partial charge in [-0.05, 0) is 38.4 Å². The number of aryl methyl sites for hydroxylation is 2. The minimum absolute atomic E-state index is 0.594. The molecule has 0 aliphatic carbocycles. The molecule has 0 aliphatic rings. The van der Waals surface area contributed by atoms with Crippen LogP contribution >= 0.6 is 22.9 Å². The molecule has 0 atom stereocenters. The minimum atomic E-state index is 0.594. The highest BCUT2D eigenvalue weighted by Crippen LogP contribution is 2.33. The molecular formula is C13H15ClN2S. The minimum Gasteiger partial charge on any atom is -0.330 e. The Kier molecular flexibility index (Phi) is 3.82. The molecule has 0 saturated carbocycles. The Labute approximate surface area is 110 Å². The summed E-state index contributed by atoms with van der Waals surface area (Å²) in [7, 11) is 0. The van der Waals surface area contributed by atoms with Crippen LogP contribution in [0.15, 0.2) is 18.2 Å². The number of thiazole rings is 1. The molecule has 90 valence electrons. The third kappa shape index (κ3) is 2.68. The number of rotatable bonds is 3. The fourth-order valence-electron chi connectivity index (χ4n) is 1.70. The van der Waals surface area contributed by atoms with Crippen LogP contribution in [0, 0.1) is 13.8 Å². The standard InChI is InChI=1S/C13H15ClN2S/c1-8-3-4-9(2)10(7-8)13-16-12(14)11(17-13)5-6-15/h3-4,7H,5-6,15H2,1-2H3. The van der Waals surface area contributed by atoms with Crippen molar-refractivity contribution in [3.05, 3.63) is 39.4 Å². The first-order chi connectivity index (χ1) is 8.11. The highest BCUT2D eigenvalue weighted by atomic mass is 35.5. The number of nitrogens with two attached hydrogens (primary N) is 1. The molecule has 0 bridgehead atoms. The number of hydrogen-bond donors (Lipinski definition) is 1. The van der Waals surface area contributed by atoms with E-state index in [2.05, 4.69) is 37.0 Å². The van der Waals surface area contributed by atoms with Crippen molar-refractivity contribution in [3.63, 3.8) is 0 Å². The Balaban J connectivity index is 2.45. The van der Waals surface area contributed by atoms with Crippen molar-refractivity contribution in [1.29, 1.82) is 0 Å². The lowest BCUT2D eigenvalue weighted by molar-refractivity contribution is 0.984. The third-order valence-electron chi connectivity index (χ3n) is 2.64. The highest BCUT2D eigenvalue weighted by molar-refractivity contribution is 7.15. The van der Waals surface area contributed by atoms with Gasteiger partial charge in [0.25, 0.3) is 0 Å². The average Bonchev–Trinajstić information content (AvgIpc) is 2.64. The second kappa shape index (κ2) is 5.17. The van der Waals surface area contributed by atoms with E-state index in [0.717, 1.165) is 16.3 Å². The van der Waals surface area contributed by atoms with Crippen LogP contribution in [0.5, 0.6) is 0 Å². The number of nitrogens with zero attached hydrogens (tertiary/aromatic N) is 1. The number of aromatic nitrogens is 1. The zero-order chi connectivity index (χ0) is 12.4. The van der Waals surface area contributed by atoms with Gasteiger partial charge in [-0.15, -0.1) is 11.3 Å². The van der Waals surface area contributed by atoms with E-state index >= 15 is 0 Å². The fraction of sp³-hybridized carbons (Fsp3) is 0.308. The van der Waals surface area contributed by atoms with Crippen LogP contribution in [0.2, 0.25) is 5.15 Å². The van der Waals surface area contributed by atoms with Gasteiger partial charge in [-0.25, -0.2) is 4.98 Å². The molecule has 1 heterocycles. The van der Waals surface area contributed by atoms with Gasteiger partial charge in [0.2, 0.25) is 0 Å². The lowest BCUT2D eigenvalue weighted by Crippen LogP contribution is -2.01. The Bertz CT molecular complexity index is 534. The molecule has 0 radical (unpaired) electrons. The molecule has 2 nitrogen and oxygen atoms in total. The predicted molar refractivity (Wildman–Crippen MR) is 74.8 cm³/mol. The zero-order valence-electron chi connectivity index (χ0n) is 9.96. The van der Waals surface area contributed by atoms with Crippen LogP contribution in [0.4, 0.5) is 0 Å². The molecule has 2 N–H and O–H groups in total. The summed E-state index contributed by atoms with van der Waals surface area (Å²) >= 11 is 7.75. The smallest absolute Gasteiger partial charge is 0.143 e. The van der Waals surface area contributed by atoms with Crippen LogP contribution in [-0.4, -0.2) is 11.5 Å². The maximum atomic E-state index is 6.11. The largest absolute Gasteiger partial charge is 0.330 e. The summed E-state index contributed by atoms with van der Waals surface area (Å²) in [6.45, 7) is 4.78. The molecule has 0 amide bonds. The van der Waals surface area contributed by atoms with Gasteiger partial charge < -0.3 is 5.73 Å². The van der Waals surface area contributed by atoms with Crippen molar-refractivity contribution in [2.24, 2.45) is 5.73 Å². The normalized spacial score (nSPS) is 10.8. The summed E-state index contributed by atoms with van der Waals surface area (Å²) in [5.41, 5.74) is 9.17. The molecule has 0 saturated heterocycles. The average molecular weight is 267 g/mol. The Morgan fingerprint density at radius 3 is 2.82 bits per heavy atom. The second-order valence-electron chi connectivity index (χ2n) is 4.09. The van der Waals surface area contributed by atoms with Crippen molar-refractivity contribution in [3.8, 4) is 10.6 Å². The SMILES string of the molecule is Cc1ccc(C)c(-c2nc(Cl)c(CCN)s2)c1. The second-order valence-corrected chi connectivity index (χ2v) is 5.53. The summed E-state index contributed by atoms with van der Waals surface area (Å²) in [6, 6.07) is 6.37. The summed E-state index contributed by atoms with van der Waals surface area (Å²) in [4.78, 5) is 5.50. The van der Waals surface area contributed by atoms with Crippen LogP contribution in [0.3, 0.4) is 0 Å². The summed E-state index contributed by atoms with van der Waals surface area (Å²) in [5, 5.41) is 1.58. The van der Waals surface area contributed by atoms with E-state index < -0.39 is 0 Å². The van der Waals surface area contributed by atoms with Crippen LogP contribution in [0.25, 0.3) is 10.6 Å². The predicted octanol–water partition coefficient (Wildman–Crippen LogP) is 3.58. The van der Waals surface area contributed by atoms with Gasteiger partial charge in [0.15, 0.2) is 0 Å². The maximum Gasteiger partial charge on any atom is 0.143 e. The molecular weight excluding hydrogens is 252 g/mol. The molecule has 0 fully saturated rings. The highest BCUT2D eigenvalue weighted by Gasteiger charge is 2.12. The molecule has 1 aromatic heterocycles. The lowest BCUT2D eigenvalue weighted by Gasteiger charge is -2.03. The monoisotopic (exact) mass is 266 g/mol. The van der Waals surface area contributed by atoms with Crippen molar-refractivity contribution >= 4 is 22.9 Å². The first-order valence-electron chi connectivity index (χ1n) is 5.54. The van der Waals surface area contributed by atoms with Gasteiger partial charge in [0.05, 0.1) is 0 Å². The van der Waals surface area contributed by atoms with Crippen LogP contribution in [-0.2, 0) is 6.42 Å². The van der Waals surface area contributed by atoms with E-state index in [9.17, 15) is 0 Å². The Morgan fingerprint density at radius 1 is 1.35 bits per heavy atom. The fourth-order valence-corrected chi connectivity index (χ4v) is 3.09. The van der Waals surface area contributed by atoms with Gasteiger partial charge in [-0.3, -0.25) is 0 Å². The Morgan fingerprint density at radius 2 is 2.12 bits per heavy atom. The molecule has 2 aromatic rings. The van der Waals surface area contributed by atoms with E-state index in [0.29, 0.717) is 11.7 Å². The van der Waals surface area contributed by atoms with E-state index in [-0.39, 0.29) is 0 Å². The number of benzene rings is 1. The molecule has 0 spiro atoms. The van der Waals surface area contributed by atoms with Crippen molar-refractivity contribution in [2.75, 3.05) is 6.54 Å². The van der Waals surface area contributed by atoms with Crippen molar-refractivity contribution in [2.45, 2.75) is 20.3 Å². The molecule has 1 aromatic carbocycles. The molecule has 17 heavy (non-hydrogen) atoms. The summed E-state index contributed by atoms with van der Waals surface area (Å²) < 4.78 is 0. The van der Waals surface area contributed by atoms with Crippen LogP contribution < -0.4 is 5.73 Å². The lowest BCUT2D eigenvalue weighted by atomic mass is 10.1. The van der Waals surface area contributed by atoms with E-state index in [1.54, 1.807) is 11.3 Å². The summed E-state index contributed by atoms with van der Waals surface area (Å²) in [5.74, 6) is 0. The van der Waals surface area contributed by atoms with Crippen molar-refractivity contribution < 1.29 is 0 Å². The molecule has 0 aliphatic heterocycles.